The summed E-state index contributed by atoms with van der Waals surface area (Å²) in [5, 5.41) is 13.6. The van der Waals surface area contributed by atoms with Crippen molar-refractivity contribution in [3.63, 3.8) is 0 Å². The van der Waals surface area contributed by atoms with Crippen molar-refractivity contribution in [1.29, 1.82) is 0 Å². The highest BCUT2D eigenvalue weighted by atomic mass is 32.2. The number of amides is 1. The number of hydrogen-bond donors (Lipinski definition) is 3. The lowest BCUT2D eigenvalue weighted by Crippen LogP contribution is -2.62. The third-order valence-electron chi connectivity index (χ3n) is 3.12. The van der Waals surface area contributed by atoms with Crippen LogP contribution in [-0.2, 0) is 9.59 Å². The summed E-state index contributed by atoms with van der Waals surface area (Å²) >= 11 is 1.26. The molecule has 1 saturated heterocycles. The number of carbonyl (C=O) groups is 2. The van der Waals surface area contributed by atoms with Crippen LogP contribution in [0.25, 0.3) is 0 Å². The predicted molar refractivity (Wildman–Crippen MR) is 68.6 cm³/mol. The number of carboxylic acids is 1. The fourth-order valence-electron chi connectivity index (χ4n) is 1.72. The molecule has 1 amide bonds. The van der Waals surface area contributed by atoms with E-state index in [2.05, 4.69) is 5.32 Å². The number of hydrogen-bond acceptors (Lipinski definition) is 4. The molecule has 9 heteroatoms. The molecule has 0 radical (unpaired) electrons. The molecular weight excluding hydrogens is 297 g/mol. The molecule has 1 aliphatic heterocycles. The first-order chi connectivity index (χ1) is 9.17. The van der Waals surface area contributed by atoms with Crippen molar-refractivity contribution in [2.24, 2.45) is 0 Å². The van der Waals surface area contributed by atoms with Crippen molar-refractivity contribution >= 4 is 23.6 Å². The van der Waals surface area contributed by atoms with E-state index in [1.807, 2.05) is 0 Å². The number of carbonyl (C=O) groups excluding carboxylic acids is 1. The number of alkyl halides is 3. The maximum absolute atomic E-state index is 12.7. The minimum absolute atomic E-state index is 0.177. The normalized spacial score (nSPS) is 20.2. The maximum atomic E-state index is 12.7. The second-order valence-electron chi connectivity index (χ2n) is 4.74. The van der Waals surface area contributed by atoms with E-state index in [0.717, 1.165) is 25.9 Å². The van der Waals surface area contributed by atoms with Gasteiger partial charge in [-0.2, -0.15) is 13.2 Å². The van der Waals surface area contributed by atoms with Crippen LogP contribution in [0.5, 0.6) is 0 Å². The number of aliphatic carboxylic acids is 1. The molecule has 1 rings (SSSR count). The van der Waals surface area contributed by atoms with E-state index >= 15 is 0 Å². The summed E-state index contributed by atoms with van der Waals surface area (Å²) < 4.78 is 38.1. The van der Waals surface area contributed by atoms with Crippen LogP contribution in [0.4, 0.5) is 13.2 Å². The van der Waals surface area contributed by atoms with Gasteiger partial charge < -0.3 is 15.7 Å². The fraction of sp³-hybridized carbons (Fsp3) is 0.818. The van der Waals surface area contributed by atoms with E-state index in [9.17, 15) is 22.8 Å². The first kappa shape index (κ1) is 17.1. The average Bonchev–Trinajstić information content (AvgIpc) is 2.36. The molecule has 0 saturated carbocycles. The van der Waals surface area contributed by atoms with Crippen LogP contribution in [0.3, 0.4) is 0 Å². The van der Waals surface area contributed by atoms with Gasteiger partial charge in [0.25, 0.3) is 0 Å². The van der Waals surface area contributed by atoms with Crippen LogP contribution in [0, 0.1) is 0 Å². The van der Waals surface area contributed by atoms with Gasteiger partial charge in [0.1, 0.15) is 0 Å². The Hall–Kier alpha value is -0.960. The summed E-state index contributed by atoms with van der Waals surface area (Å²) in [7, 11) is 0. The van der Waals surface area contributed by atoms with Crippen molar-refractivity contribution in [2.45, 2.75) is 36.7 Å². The SMILES string of the molecule is CC(NC(=O)CSC1CCNCC1)(C(=O)O)C(F)(F)F. The van der Waals surface area contributed by atoms with E-state index in [0.29, 0.717) is 6.92 Å². The summed E-state index contributed by atoms with van der Waals surface area (Å²) in [5.41, 5.74) is -3.25. The molecule has 0 spiro atoms. The molecule has 20 heavy (non-hydrogen) atoms. The molecule has 0 aromatic rings. The number of rotatable bonds is 5. The van der Waals surface area contributed by atoms with Crippen molar-refractivity contribution in [3.8, 4) is 0 Å². The van der Waals surface area contributed by atoms with Gasteiger partial charge in [0.15, 0.2) is 0 Å². The zero-order chi connectivity index (χ0) is 15.4. The molecular formula is C11H17F3N2O3S. The fourth-order valence-corrected chi connectivity index (χ4v) is 2.74. The highest BCUT2D eigenvalue weighted by molar-refractivity contribution is 8.00. The summed E-state index contributed by atoms with van der Waals surface area (Å²) in [6.07, 6.45) is -3.37. The molecule has 0 aliphatic carbocycles. The van der Waals surface area contributed by atoms with Crippen molar-refractivity contribution < 1.29 is 27.9 Å². The molecule has 0 aromatic heterocycles. The third-order valence-corrected chi connectivity index (χ3v) is 4.49. The summed E-state index contributed by atoms with van der Waals surface area (Å²) in [5.74, 6) is -3.22. The number of piperidine rings is 1. The van der Waals surface area contributed by atoms with Crippen LogP contribution in [0.15, 0.2) is 0 Å². The van der Waals surface area contributed by atoms with Crippen molar-refractivity contribution in [3.05, 3.63) is 0 Å². The summed E-state index contributed by atoms with van der Waals surface area (Å²) in [6, 6.07) is 0. The number of thioether (sulfide) groups is 1. The van der Waals surface area contributed by atoms with Crippen molar-refractivity contribution in [1.82, 2.24) is 10.6 Å². The van der Waals surface area contributed by atoms with Gasteiger partial charge in [0, 0.05) is 5.25 Å². The van der Waals surface area contributed by atoms with E-state index in [4.69, 9.17) is 5.11 Å². The van der Waals surface area contributed by atoms with Crippen LogP contribution >= 0.6 is 11.8 Å². The minimum Gasteiger partial charge on any atom is -0.479 e. The average molecular weight is 314 g/mol. The molecule has 3 N–H and O–H groups in total. The largest absolute Gasteiger partial charge is 0.479 e. The molecule has 0 aromatic carbocycles. The topological polar surface area (TPSA) is 78.4 Å². The van der Waals surface area contributed by atoms with Crippen LogP contribution in [-0.4, -0.2) is 52.8 Å². The first-order valence-electron chi connectivity index (χ1n) is 6.10. The summed E-state index contributed by atoms with van der Waals surface area (Å²) in [4.78, 5) is 22.3. The van der Waals surface area contributed by atoms with Crippen LogP contribution < -0.4 is 10.6 Å². The monoisotopic (exact) mass is 314 g/mol. The van der Waals surface area contributed by atoms with Gasteiger partial charge in [-0.25, -0.2) is 4.79 Å². The smallest absolute Gasteiger partial charge is 0.422 e. The van der Waals surface area contributed by atoms with Gasteiger partial charge >= 0.3 is 12.1 Å². The highest BCUT2D eigenvalue weighted by Crippen LogP contribution is 2.30. The Kier molecular flexibility index (Phi) is 5.69. The molecule has 5 nitrogen and oxygen atoms in total. The molecule has 1 atom stereocenters. The van der Waals surface area contributed by atoms with E-state index in [-0.39, 0.29) is 11.0 Å². The quantitative estimate of drug-likeness (QED) is 0.705. The lowest BCUT2D eigenvalue weighted by molar-refractivity contribution is -0.206. The zero-order valence-corrected chi connectivity index (χ0v) is 11.7. The van der Waals surface area contributed by atoms with Gasteiger partial charge in [0.2, 0.25) is 11.4 Å². The molecule has 0 bridgehead atoms. The van der Waals surface area contributed by atoms with Gasteiger partial charge in [-0.05, 0) is 32.9 Å². The Bertz CT molecular complexity index is 372. The summed E-state index contributed by atoms with van der Waals surface area (Å²) in [6.45, 7) is 2.08. The molecule has 1 heterocycles. The zero-order valence-electron chi connectivity index (χ0n) is 10.9. The molecule has 116 valence electrons. The first-order valence-corrected chi connectivity index (χ1v) is 7.15. The lowest BCUT2D eigenvalue weighted by Gasteiger charge is -2.29. The number of nitrogens with one attached hydrogen (secondary N) is 2. The minimum atomic E-state index is -5.05. The van der Waals surface area contributed by atoms with Gasteiger partial charge in [-0.3, -0.25) is 4.79 Å². The van der Waals surface area contributed by atoms with Gasteiger partial charge in [0.05, 0.1) is 5.75 Å². The maximum Gasteiger partial charge on any atom is 0.422 e. The predicted octanol–water partition coefficient (Wildman–Crippen LogP) is 0.993. The molecule has 1 unspecified atom stereocenters. The number of halogens is 3. The Balaban J connectivity index is 2.52. The number of carboxylic acid groups (broad SMARTS) is 1. The second-order valence-corrected chi connectivity index (χ2v) is 6.03. The van der Waals surface area contributed by atoms with E-state index < -0.39 is 23.6 Å². The molecule has 1 fully saturated rings. The van der Waals surface area contributed by atoms with E-state index in [1.54, 1.807) is 5.32 Å². The highest BCUT2D eigenvalue weighted by Gasteiger charge is 2.58. The Morgan fingerprint density at radius 1 is 1.35 bits per heavy atom. The Morgan fingerprint density at radius 2 is 1.90 bits per heavy atom. The van der Waals surface area contributed by atoms with Crippen molar-refractivity contribution in [2.75, 3.05) is 18.8 Å². The van der Waals surface area contributed by atoms with E-state index in [1.165, 1.54) is 11.8 Å². The lowest BCUT2D eigenvalue weighted by atomic mass is 10.0. The Labute approximate surface area is 118 Å². The third kappa shape index (κ3) is 4.27. The van der Waals surface area contributed by atoms with Gasteiger partial charge in [-0.15, -0.1) is 11.8 Å². The van der Waals surface area contributed by atoms with Crippen LogP contribution in [0.1, 0.15) is 19.8 Å². The Morgan fingerprint density at radius 3 is 2.35 bits per heavy atom. The second kappa shape index (κ2) is 6.66. The van der Waals surface area contributed by atoms with Gasteiger partial charge in [-0.1, -0.05) is 0 Å². The molecule has 1 aliphatic rings. The van der Waals surface area contributed by atoms with Crippen LogP contribution in [0.2, 0.25) is 0 Å². The standard InChI is InChI=1S/C11H17F3N2O3S/c1-10(9(18)19,11(12,13)14)16-8(17)6-20-7-2-4-15-5-3-7/h7,15H,2-6H2,1H3,(H,16,17)(H,18,19).